The number of nitrogens with one attached hydrogen (secondary N) is 2. The zero-order valence-corrected chi connectivity index (χ0v) is 22.0. The maximum Gasteiger partial charge on any atom is 0.305 e. The van der Waals surface area contributed by atoms with Crippen molar-refractivity contribution in [2.75, 3.05) is 33.8 Å². The predicted molar refractivity (Wildman–Crippen MR) is 143 cm³/mol. The van der Waals surface area contributed by atoms with Crippen LogP contribution < -0.4 is 14.8 Å². The second kappa shape index (κ2) is 13.1. The van der Waals surface area contributed by atoms with Gasteiger partial charge < -0.3 is 24.9 Å². The van der Waals surface area contributed by atoms with Gasteiger partial charge in [0.1, 0.15) is 16.9 Å². The first-order valence-corrected chi connectivity index (χ1v) is 13.4. The number of aldehydes is 1. The van der Waals surface area contributed by atoms with Crippen molar-refractivity contribution in [3.63, 3.8) is 0 Å². The van der Waals surface area contributed by atoms with E-state index in [-0.39, 0.29) is 29.1 Å². The number of fused-ring (bicyclic) bond motifs is 1. The summed E-state index contributed by atoms with van der Waals surface area (Å²) in [6.45, 7) is 1.12. The number of carbonyl (C=O) groups is 3. The number of ether oxygens (including phenoxy) is 1. The van der Waals surface area contributed by atoms with Crippen LogP contribution in [0.15, 0.2) is 65.6 Å². The number of nitrogens with zero attached hydrogens (tertiary/aromatic N) is 1. The van der Waals surface area contributed by atoms with E-state index in [9.17, 15) is 22.8 Å². The molecular weight excluding hydrogens is 510 g/mol. The lowest BCUT2D eigenvalue weighted by atomic mass is 10.1. The highest BCUT2D eigenvalue weighted by Gasteiger charge is 2.26. The van der Waals surface area contributed by atoms with Crippen LogP contribution in [0.4, 0.5) is 0 Å². The third-order valence-corrected chi connectivity index (χ3v) is 7.20. The van der Waals surface area contributed by atoms with Crippen LogP contribution in [0.3, 0.4) is 0 Å². The quantitative estimate of drug-likeness (QED) is 0.263. The summed E-state index contributed by atoms with van der Waals surface area (Å²) in [5.74, 6) is -1.82. The molecule has 0 aliphatic carbocycles. The van der Waals surface area contributed by atoms with Gasteiger partial charge in [-0.3, -0.25) is 9.59 Å². The van der Waals surface area contributed by atoms with Gasteiger partial charge in [-0.15, -0.1) is 0 Å². The van der Waals surface area contributed by atoms with Crippen molar-refractivity contribution in [2.24, 2.45) is 0 Å². The van der Waals surface area contributed by atoms with E-state index in [1.165, 1.54) is 18.2 Å². The number of carboxylic acid groups (broad SMARTS) is 1. The molecule has 0 aromatic heterocycles. The van der Waals surface area contributed by atoms with Gasteiger partial charge in [0, 0.05) is 25.1 Å². The molecule has 0 bridgehead atoms. The van der Waals surface area contributed by atoms with Crippen LogP contribution in [-0.4, -0.2) is 76.4 Å². The van der Waals surface area contributed by atoms with Crippen LogP contribution in [-0.2, 0) is 26.0 Å². The normalized spacial score (nSPS) is 12.3. The van der Waals surface area contributed by atoms with Gasteiger partial charge in [-0.1, -0.05) is 42.5 Å². The van der Waals surface area contributed by atoms with E-state index in [2.05, 4.69) is 10.0 Å². The molecule has 3 aromatic carbocycles. The lowest BCUT2D eigenvalue weighted by Crippen LogP contribution is -2.37. The zero-order valence-electron chi connectivity index (χ0n) is 21.2. The van der Waals surface area contributed by atoms with Crippen LogP contribution >= 0.6 is 0 Å². The Morgan fingerprint density at radius 1 is 1.05 bits per heavy atom. The van der Waals surface area contributed by atoms with Crippen LogP contribution in [0.2, 0.25) is 0 Å². The van der Waals surface area contributed by atoms with Gasteiger partial charge in [-0.2, -0.15) is 0 Å². The number of likely N-dealkylation sites (N-methyl/N-ethyl adjacent to an activating group) is 1. The predicted octanol–water partition coefficient (Wildman–Crippen LogP) is 2.07. The van der Waals surface area contributed by atoms with Crippen LogP contribution in [0.25, 0.3) is 10.8 Å². The van der Waals surface area contributed by atoms with Gasteiger partial charge in [0.15, 0.2) is 0 Å². The van der Waals surface area contributed by atoms with Crippen LogP contribution in [0.1, 0.15) is 22.3 Å². The van der Waals surface area contributed by atoms with Gasteiger partial charge in [0.05, 0.1) is 19.1 Å². The number of carbonyl (C=O) groups excluding carboxylic acids is 2. The Labute approximate surface area is 221 Å². The monoisotopic (exact) mass is 541 g/mol. The molecule has 0 fully saturated rings. The van der Waals surface area contributed by atoms with Crippen molar-refractivity contribution >= 4 is 39.0 Å². The molecule has 0 aliphatic heterocycles. The van der Waals surface area contributed by atoms with E-state index in [0.29, 0.717) is 19.5 Å². The number of rotatable bonds is 14. The Bertz CT molecular complexity index is 1410. The molecule has 0 unspecified atom stereocenters. The molecule has 0 radical (unpaired) electrons. The van der Waals surface area contributed by atoms with Crippen molar-refractivity contribution < 1.29 is 32.6 Å². The molecule has 3 aromatic rings. The fraction of sp³-hybridized carbons (Fsp3) is 0.296. The number of aliphatic carboxylic acids is 1. The summed E-state index contributed by atoms with van der Waals surface area (Å²) in [7, 11) is -0.606. The van der Waals surface area contributed by atoms with Crippen molar-refractivity contribution in [3.8, 4) is 5.75 Å². The fourth-order valence-electron chi connectivity index (χ4n) is 3.72. The molecule has 0 heterocycles. The van der Waals surface area contributed by atoms with E-state index in [0.717, 1.165) is 16.3 Å². The minimum absolute atomic E-state index is 0.0847. The lowest BCUT2D eigenvalue weighted by molar-refractivity contribution is -0.138. The highest BCUT2D eigenvalue weighted by atomic mass is 32.2. The summed E-state index contributed by atoms with van der Waals surface area (Å²) in [5.41, 5.74) is 1.17. The number of hydrogen-bond donors (Lipinski definition) is 3. The summed E-state index contributed by atoms with van der Waals surface area (Å²) in [5, 5.41) is 13.9. The Morgan fingerprint density at radius 2 is 1.79 bits per heavy atom. The average molecular weight is 542 g/mol. The minimum atomic E-state index is -4.35. The van der Waals surface area contributed by atoms with Gasteiger partial charge in [-0.25, -0.2) is 13.1 Å². The maximum absolute atomic E-state index is 13.1. The summed E-state index contributed by atoms with van der Waals surface area (Å²) in [6, 6.07) is 16.3. The first kappa shape index (κ1) is 28.8. The topological polar surface area (TPSA) is 142 Å². The van der Waals surface area contributed by atoms with E-state index in [1.807, 2.05) is 61.5 Å². The number of amides is 1. The fourth-order valence-corrected chi connectivity index (χ4v) is 5.02. The smallest absolute Gasteiger partial charge is 0.305 e. The molecule has 3 rings (SSSR count). The van der Waals surface area contributed by atoms with Gasteiger partial charge >= 0.3 is 5.97 Å². The molecular formula is C27H31N3O7S. The van der Waals surface area contributed by atoms with Crippen molar-refractivity contribution in [3.05, 3.63) is 71.8 Å². The lowest BCUT2D eigenvalue weighted by Gasteiger charge is -2.16. The van der Waals surface area contributed by atoms with Crippen molar-refractivity contribution in [1.29, 1.82) is 0 Å². The van der Waals surface area contributed by atoms with E-state index in [1.54, 1.807) is 0 Å². The Hall–Kier alpha value is -3.80. The van der Waals surface area contributed by atoms with Crippen LogP contribution in [0, 0.1) is 0 Å². The van der Waals surface area contributed by atoms with Gasteiger partial charge in [0.25, 0.3) is 5.91 Å². The van der Waals surface area contributed by atoms with Gasteiger partial charge in [0.2, 0.25) is 10.0 Å². The second-order valence-electron chi connectivity index (χ2n) is 8.96. The van der Waals surface area contributed by atoms with E-state index in [4.69, 9.17) is 9.84 Å². The standard InChI is InChI=1S/C27H31N3O7S/c1-30(2)13-12-28-27(34)22-9-10-25(38(35,36)29-23(18-31)17-26(32)33)24(16-22)37-14-11-19-7-8-20-5-3-4-6-21(20)15-19/h3-10,15-16,18,23,29H,11-14,17H2,1-2H3,(H,28,34)(H,32,33)/t23-/m0/s1. The maximum atomic E-state index is 13.1. The summed E-state index contributed by atoms with van der Waals surface area (Å²) in [4.78, 5) is 36.5. The van der Waals surface area contributed by atoms with E-state index < -0.39 is 34.4 Å². The van der Waals surface area contributed by atoms with Crippen molar-refractivity contribution in [2.45, 2.75) is 23.8 Å². The molecule has 1 atom stereocenters. The number of hydrogen-bond acceptors (Lipinski definition) is 7. The zero-order chi connectivity index (χ0) is 27.7. The number of carboxylic acids is 1. The largest absolute Gasteiger partial charge is 0.492 e. The Balaban J connectivity index is 1.84. The summed E-state index contributed by atoms with van der Waals surface area (Å²) >= 11 is 0. The molecule has 0 saturated carbocycles. The molecule has 0 aliphatic rings. The first-order valence-electron chi connectivity index (χ1n) is 12.0. The molecule has 11 heteroatoms. The first-order chi connectivity index (χ1) is 18.1. The van der Waals surface area contributed by atoms with Crippen LogP contribution in [0.5, 0.6) is 5.75 Å². The Kier molecular flexibility index (Phi) is 9.94. The molecule has 10 nitrogen and oxygen atoms in total. The summed E-state index contributed by atoms with van der Waals surface area (Å²) in [6.07, 6.45) is -0.0290. The molecule has 38 heavy (non-hydrogen) atoms. The minimum Gasteiger partial charge on any atom is -0.492 e. The Morgan fingerprint density at radius 3 is 2.47 bits per heavy atom. The number of sulfonamides is 1. The van der Waals surface area contributed by atoms with Gasteiger partial charge in [-0.05, 0) is 48.6 Å². The molecule has 1 amide bonds. The average Bonchev–Trinajstić information content (AvgIpc) is 2.87. The van der Waals surface area contributed by atoms with Crippen molar-refractivity contribution in [1.82, 2.24) is 14.9 Å². The third-order valence-electron chi connectivity index (χ3n) is 5.67. The molecule has 202 valence electrons. The highest BCUT2D eigenvalue weighted by Crippen LogP contribution is 2.26. The van der Waals surface area contributed by atoms with E-state index >= 15 is 0 Å². The molecule has 3 N–H and O–H groups in total. The third kappa shape index (κ3) is 8.10. The second-order valence-corrected chi connectivity index (χ2v) is 10.6. The molecule has 0 saturated heterocycles. The number of benzene rings is 3. The SMILES string of the molecule is CN(C)CCNC(=O)c1ccc(S(=O)(=O)N[C@H](C=O)CC(=O)O)c(OCCc2ccc3ccccc3c2)c1. The molecule has 0 spiro atoms. The highest BCUT2D eigenvalue weighted by molar-refractivity contribution is 7.89. The summed E-state index contributed by atoms with van der Waals surface area (Å²) < 4.78 is 34.1.